The first kappa shape index (κ1) is 14.1. The molecule has 10 heteroatoms. The topological polar surface area (TPSA) is 89.2 Å². The van der Waals surface area contributed by atoms with E-state index < -0.39 is 22.1 Å². The van der Waals surface area contributed by atoms with Gasteiger partial charge in [-0.1, -0.05) is 0 Å². The van der Waals surface area contributed by atoms with Gasteiger partial charge < -0.3 is 5.32 Å². The number of sulfone groups is 1. The zero-order valence-corrected chi connectivity index (χ0v) is 11.7. The van der Waals surface area contributed by atoms with Crippen LogP contribution >= 0.6 is 0 Å². The second-order valence-corrected chi connectivity index (χ2v) is 7.17. The number of anilines is 1. The van der Waals surface area contributed by atoms with Gasteiger partial charge in [-0.2, -0.15) is 4.52 Å². The lowest BCUT2D eigenvalue weighted by molar-refractivity contribution is 0.137. The Morgan fingerprint density at radius 2 is 2.14 bits per heavy atom. The molecule has 0 aliphatic carbocycles. The first-order chi connectivity index (χ1) is 9.94. The predicted octanol–water partition coefficient (Wildman–Crippen LogP) is 1.05. The Bertz CT molecular complexity index is 761. The summed E-state index contributed by atoms with van der Waals surface area (Å²) in [6, 6.07) is 2.81. The summed E-state index contributed by atoms with van der Waals surface area (Å²) in [7, 11) is -3.05. The molecule has 0 spiro atoms. The van der Waals surface area contributed by atoms with Gasteiger partial charge >= 0.3 is 0 Å². The molecule has 2 aromatic rings. The lowest BCUT2D eigenvalue weighted by Crippen LogP contribution is -2.35. The van der Waals surface area contributed by atoms with Crippen LogP contribution in [0.1, 0.15) is 25.1 Å². The molecule has 0 saturated carbocycles. The molecule has 0 radical (unpaired) electrons. The molecular weight excluding hydrogens is 304 g/mol. The molecule has 1 N–H and O–H groups in total. The number of alkyl halides is 2. The van der Waals surface area contributed by atoms with Gasteiger partial charge in [0.2, 0.25) is 5.82 Å². The molecule has 3 heterocycles. The number of aromatic nitrogens is 4. The van der Waals surface area contributed by atoms with E-state index in [1.54, 1.807) is 6.07 Å². The summed E-state index contributed by atoms with van der Waals surface area (Å²) in [5.74, 6) is 0.00564. The quantitative estimate of drug-likeness (QED) is 0.910. The molecule has 1 unspecified atom stereocenters. The maximum atomic E-state index is 12.8. The van der Waals surface area contributed by atoms with Crippen LogP contribution in [-0.2, 0) is 9.84 Å². The molecule has 1 atom stereocenters. The van der Waals surface area contributed by atoms with E-state index in [0.29, 0.717) is 18.7 Å². The minimum Gasteiger partial charge on any atom is -0.365 e. The van der Waals surface area contributed by atoms with Crippen molar-refractivity contribution in [1.82, 2.24) is 19.8 Å². The number of fused-ring (bicyclic) bond motifs is 1. The van der Waals surface area contributed by atoms with Crippen molar-refractivity contribution in [2.45, 2.75) is 25.3 Å². The van der Waals surface area contributed by atoms with Crippen molar-refractivity contribution in [3.63, 3.8) is 0 Å². The van der Waals surface area contributed by atoms with Crippen molar-refractivity contribution >= 4 is 21.3 Å². The molecular formula is C11H13F2N5O2S. The summed E-state index contributed by atoms with van der Waals surface area (Å²) in [5, 5.41) is 14.0. The minimum absolute atomic E-state index is 0.0244. The number of nitrogens with zero attached hydrogens (tertiary/aromatic N) is 4. The Morgan fingerprint density at radius 3 is 2.86 bits per heavy atom. The van der Waals surface area contributed by atoms with Gasteiger partial charge in [0.15, 0.2) is 15.5 Å². The molecule has 21 heavy (non-hydrogen) atoms. The fraction of sp³-hybridized carbons (Fsp3) is 0.545. The fourth-order valence-electron chi connectivity index (χ4n) is 2.36. The minimum atomic E-state index is -3.05. The van der Waals surface area contributed by atoms with E-state index in [9.17, 15) is 17.2 Å². The van der Waals surface area contributed by atoms with Gasteiger partial charge in [0, 0.05) is 6.04 Å². The molecule has 2 aromatic heterocycles. The summed E-state index contributed by atoms with van der Waals surface area (Å²) in [6.45, 7) is 0. The standard InChI is InChI=1S/C11H13F2N5O2S/c12-10(13)11-16-15-9-4-3-8(17-18(9)11)14-7-2-1-5-21(19,20)6-7/h3-4,7,10H,1-2,5-6H2,(H,14,17). The molecule has 1 saturated heterocycles. The number of nitrogens with one attached hydrogen (secondary N) is 1. The molecule has 7 nitrogen and oxygen atoms in total. The van der Waals surface area contributed by atoms with Crippen molar-refractivity contribution in [2.75, 3.05) is 16.8 Å². The molecule has 114 valence electrons. The van der Waals surface area contributed by atoms with Crippen LogP contribution in [0.3, 0.4) is 0 Å². The van der Waals surface area contributed by atoms with Crippen LogP contribution in [0.25, 0.3) is 5.65 Å². The Labute approximate surface area is 119 Å². The van der Waals surface area contributed by atoms with E-state index in [2.05, 4.69) is 20.6 Å². The van der Waals surface area contributed by atoms with Gasteiger partial charge in [-0.3, -0.25) is 0 Å². The van der Waals surface area contributed by atoms with Gasteiger partial charge in [0.25, 0.3) is 6.43 Å². The predicted molar refractivity (Wildman–Crippen MR) is 71.0 cm³/mol. The van der Waals surface area contributed by atoms with Gasteiger partial charge in [0.05, 0.1) is 11.5 Å². The molecule has 1 aliphatic heterocycles. The second kappa shape index (κ2) is 5.17. The lowest BCUT2D eigenvalue weighted by Gasteiger charge is -2.23. The Morgan fingerprint density at radius 1 is 1.33 bits per heavy atom. The van der Waals surface area contributed by atoms with E-state index >= 15 is 0 Å². The molecule has 1 fully saturated rings. The van der Waals surface area contributed by atoms with Crippen molar-refractivity contribution in [3.8, 4) is 0 Å². The summed E-state index contributed by atoms with van der Waals surface area (Å²) in [4.78, 5) is 0. The number of hydrogen-bond donors (Lipinski definition) is 1. The zero-order valence-electron chi connectivity index (χ0n) is 10.9. The normalized spacial score (nSPS) is 21.8. The van der Waals surface area contributed by atoms with Crippen molar-refractivity contribution in [3.05, 3.63) is 18.0 Å². The number of halogens is 2. The van der Waals surface area contributed by atoms with E-state index in [1.165, 1.54) is 6.07 Å². The van der Waals surface area contributed by atoms with Crippen LogP contribution in [0, 0.1) is 0 Å². The van der Waals surface area contributed by atoms with Crippen LogP contribution < -0.4 is 5.32 Å². The van der Waals surface area contributed by atoms with Crippen molar-refractivity contribution in [2.24, 2.45) is 0 Å². The third-order valence-corrected chi connectivity index (χ3v) is 5.12. The maximum Gasteiger partial charge on any atom is 0.299 e. The first-order valence-corrected chi connectivity index (χ1v) is 8.24. The van der Waals surface area contributed by atoms with Crippen molar-refractivity contribution in [1.29, 1.82) is 0 Å². The third kappa shape index (κ3) is 2.94. The van der Waals surface area contributed by atoms with Crippen LogP contribution in [0.4, 0.5) is 14.6 Å². The molecule has 0 aromatic carbocycles. The van der Waals surface area contributed by atoms with Gasteiger partial charge in [0.1, 0.15) is 5.82 Å². The zero-order chi connectivity index (χ0) is 15.0. The summed E-state index contributed by atoms with van der Waals surface area (Å²) < 4.78 is 49.6. The van der Waals surface area contributed by atoms with Crippen LogP contribution in [-0.4, -0.2) is 45.8 Å². The van der Waals surface area contributed by atoms with Crippen LogP contribution in [0.5, 0.6) is 0 Å². The Balaban J connectivity index is 1.85. The van der Waals surface area contributed by atoms with E-state index in [4.69, 9.17) is 0 Å². The first-order valence-electron chi connectivity index (χ1n) is 6.42. The van der Waals surface area contributed by atoms with Gasteiger partial charge in [-0.15, -0.1) is 15.3 Å². The van der Waals surface area contributed by atoms with Gasteiger partial charge in [-0.05, 0) is 25.0 Å². The van der Waals surface area contributed by atoms with Crippen LogP contribution in [0.15, 0.2) is 12.1 Å². The molecule has 0 bridgehead atoms. The van der Waals surface area contributed by atoms with E-state index in [-0.39, 0.29) is 23.2 Å². The highest BCUT2D eigenvalue weighted by atomic mass is 32.2. The maximum absolute atomic E-state index is 12.8. The molecule has 3 rings (SSSR count). The van der Waals surface area contributed by atoms with Crippen molar-refractivity contribution < 1.29 is 17.2 Å². The average molecular weight is 317 g/mol. The third-order valence-electron chi connectivity index (χ3n) is 3.30. The van der Waals surface area contributed by atoms with E-state index in [1.807, 2.05) is 0 Å². The van der Waals surface area contributed by atoms with E-state index in [0.717, 1.165) is 4.52 Å². The summed E-state index contributed by atoms with van der Waals surface area (Å²) in [5.41, 5.74) is 0.215. The highest BCUT2D eigenvalue weighted by molar-refractivity contribution is 7.91. The average Bonchev–Trinajstić information content (AvgIpc) is 2.80. The van der Waals surface area contributed by atoms with Crippen LogP contribution in [0.2, 0.25) is 0 Å². The SMILES string of the molecule is O=S1(=O)CCCC(Nc2ccc3nnc(C(F)F)n3n2)C1. The fourth-order valence-corrected chi connectivity index (χ4v) is 4.00. The highest BCUT2D eigenvalue weighted by Crippen LogP contribution is 2.19. The highest BCUT2D eigenvalue weighted by Gasteiger charge is 2.25. The molecule has 0 amide bonds. The summed E-state index contributed by atoms with van der Waals surface area (Å²) >= 11 is 0. The Hall–Kier alpha value is -1.84. The summed E-state index contributed by atoms with van der Waals surface area (Å²) in [6.07, 6.45) is -1.50. The number of rotatable bonds is 3. The largest absolute Gasteiger partial charge is 0.365 e. The van der Waals surface area contributed by atoms with Gasteiger partial charge in [-0.25, -0.2) is 17.2 Å². The molecule has 1 aliphatic rings. The second-order valence-electron chi connectivity index (χ2n) is 4.95. The smallest absolute Gasteiger partial charge is 0.299 e. The lowest BCUT2D eigenvalue weighted by atomic mass is 10.2. The Kier molecular flexibility index (Phi) is 3.47. The monoisotopic (exact) mass is 317 g/mol. The number of hydrogen-bond acceptors (Lipinski definition) is 6.